The standard InChI is InChI=1S/C12H8BrCl2O2P/c13-9-1-3-10(4-2-9)17-11-5-7-12(8-6-11)18(14,15)16/h1-8H. The fourth-order valence-corrected chi connectivity index (χ4v) is 2.76. The van der Waals surface area contributed by atoms with E-state index in [0.29, 0.717) is 16.8 Å². The molecule has 0 radical (unpaired) electrons. The van der Waals surface area contributed by atoms with E-state index in [-0.39, 0.29) is 0 Å². The van der Waals surface area contributed by atoms with E-state index < -0.39 is 5.85 Å². The lowest BCUT2D eigenvalue weighted by atomic mass is 10.3. The van der Waals surface area contributed by atoms with E-state index in [1.54, 1.807) is 24.3 Å². The van der Waals surface area contributed by atoms with E-state index in [1.807, 2.05) is 24.3 Å². The first-order valence-electron chi connectivity index (χ1n) is 4.98. The van der Waals surface area contributed by atoms with Crippen LogP contribution in [0.5, 0.6) is 11.5 Å². The van der Waals surface area contributed by atoms with Crippen molar-refractivity contribution in [1.82, 2.24) is 0 Å². The molecule has 0 fully saturated rings. The summed E-state index contributed by atoms with van der Waals surface area (Å²) in [6.45, 7) is 0. The van der Waals surface area contributed by atoms with E-state index >= 15 is 0 Å². The van der Waals surface area contributed by atoms with E-state index in [1.165, 1.54) is 0 Å². The molecule has 2 aromatic carbocycles. The molecule has 0 saturated carbocycles. The molecule has 6 heteroatoms. The Morgan fingerprint density at radius 3 is 1.78 bits per heavy atom. The molecule has 18 heavy (non-hydrogen) atoms. The van der Waals surface area contributed by atoms with Gasteiger partial charge in [-0.25, -0.2) is 0 Å². The predicted octanol–water partition coefficient (Wildman–Crippen LogP) is 5.54. The Morgan fingerprint density at radius 1 is 0.889 bits per heavy atom. The third-order valence-electron chi connectivity index (χ3n) is 2.19. The van der Waals surface area contributed by atoms with Gasteiger partial charge >= 0.3 is 0 Å². The zero-order chi connectivity index (χ0) is 13.2. The van der Waals surface area contributed by atoms with Gasteiger partial charge in [0, 0.05) is 9.78 Å². The minimum atomic E-state index is -3.24. The van der Waals surface area contributed by atoms with Gasteiger partial charge in [-0.15, -0.1) is 0 Å². The van der Waals surface area contributed by atoms with Gasteiger partial charge in [-0.2, -0.15) is 0 Å². The molecule has 0 heterocycles. The Hall–Kier alpha value is -0.470. The Morgan fingerprint density at radius 2 is 1.33 bits per heavy atom. The number of benzene rings is 2. The van der Waals surface area contributed by atoms with Crippen LogP contribution in [0.3, 0.4) is 0 Å². The van der Waals surface area contributed by atoms with Gasteiger partial charge in [-0.3, -0.25) is 4.57 Å². The van der Waals surface area contributed by atoms with Crippen LogP contribution in [0.1, 0.15) is 0 Å². The SMILES string of the molecule is O=P(Cl)(Cl)c1ccc(Oc2ccc(Br)cc2)cc1. The minimum Gasteiger partial charge on any atom is -0.457 e. The quantitative estimate of drug-likeness (QED) is 0.667. The summed E-state index contributed by atoms with van der Waals surface area (Å²) in [6, 6.07) is 14.0. The Kier molecular flexibility index (Phi) is 4.39. The van der Waals surface area contributed by atoms with Gasteiger partial charge in [-0.1, -0.05) is 15.9 Å². The second-order valence-electron chi connectivity index (χ2n) is 3.51. The first kappa shape index (κ1) is 14.0. The van der Waals surface area contributed by atoms with Crippen molar-refractivity contribution in [3.63, 3.8) is 0 Å². The Balaban J connectivity index is 2.16. The van der Waals surface area contributed by atoms with Crippen LogP contribution < -0.4 is 10.0 Å². The first-order valence-corrected chi connectivity index (χ1v) is 9.29. The maximum absolute atomic E-state index is 11.4. The number of halogens is 3. The Labute approximate surface area is 123 Å². The lowest BCUT2D eigenvalue weighted by Gasteiger charge is -2.07. The highest BCUT2D eigenvalue weighted by molar-refractivity contribution is 9.10. The van der Waals surface area contributed by atoms with Gasteiger partial charge < -0.3 is 4.74 Å². The van der Waals surface area contributed by atoms with Crippen LogP contribution >= 0.6 is 44.3 Å². The van der Waals surface area contributed by atoms with Crippen LogP contribution in [0.25, 0.3) is 0 Å². The molecule has 2 nitrogen and oxygen atoms in total. The highest BCUT2D eigenvalue weighted by atomic mass is 79.9. The maximum Gasteiger partial charge on any atom is 0.281 e. The van der Waals surface area contributed by atoms with Gasteiger partial charge in [-0.05, 0) is 71.0 Å². The smallest absolute Gasteiger partial charge is 0.281 e. The topological polar surface area (TPSA) is 26.3 Å². The molecule has 0 bridgehead atoms. The summed E-state index contributed by atoms with van der Waals surface area (Å²) in [6.07, 6.45) is 0. The lowest BCUT2D eigenvalue weighted by Crippen LogP contribution is -1.96. The van der Waals surface area contributed by atoms with E-state index in [9.17, 15) is 4.57 Å². The highest BCUT2D eigenvalue weighted by Gasteiger charge is 2.16. The number of ether oxygens (including phenoxy) is 1. The van der Waals surface area contributed by atoms with Crippen molar-refractivity contribution < 1.29 is 9.30 Å². The van der Waals surface area contributed by atoms with E-state index in [4.69, 9.17) is 27.2 Å². The minimum absolute atomic E-state index is 0.397. The van der Waals surface area contributed by atoms with Gasteiger partial charge in [0.05, 0.1) is 0 Å². The third kappa shape index (κ3) is 3.76. The lowest BCUT2D eigenvalue weighted by molar-refractivity contribution is 0.483. The molecular weight excluding hydrogens is 358 g/mol. The van der Waals surface area contributed by atoms with Crippen LogP contribution in [0.2, 0.25) is 0 Å². The van der Waals surface area contributed by atoms with Gasteiger partial charge in [0.15, 0.2) is 0 Å². The fraction of sp³-hybridized carbons (Fsp3) is 0. The summed E-state index contributed by atoms with van der Waals surface area (Å²) >= 11 is 14.5. The summed E-state index contributed by atoms with van der Waals surface area (Å²) in [5.41, 5.74) is 0. The molecule has 94 valence electrons. The molecule has 0 atom stereocenters. The van der Waals surface area contributed by atoms with Crippen molar-refractivity contribution in [2.24, 2.45) is 0 Å². The fourth-order valence-electron chi connectivity index (χ4n) is 1.33. The highest BCUT2D eigenvalue weighted by Crippen LogP contribution is 2.55. The number of hydrogen-bond donors (Lipinski definition) is 0. The van der Waals surface area contributed by atoms with E-state index in [2.05, 4.69) is 15.9 Å². The molecule has 0 amide bonds. The second kappa shape index (κ2) is 5.66. The van der Waals surface area contributed by atoms with Gasteiger partial charge in [0.2, 0.25) is 0 Å². The van der Waals surface area contributed by atoms with Crippen molar-refractivity contribution in [3.05, 3.63) is 53.0 Å². The first-order chi connectivity index (χ1) is 8.45. The monoisotopic (exact) mass is 364 g/mol. The molecule has 0 unspecified atom stereocenters. The van der Waals surface area contributed by atoms with E-state index in [0.717, 1.165) is 4.47 Å². The van der Waals surface area contributed by atoms with Gasteiger partial charge in [0.25, 0.3) is 5.85 Å². The average Bonchev–Trinajstić information content (AvgIpc) is 2.32. The normalized spacial score (nSPS) is 11.3. The van der Waals surface area contributed by atoms with Crippen LogP contribution in [0.4, 0.5) is 0 Å². The van der Waals surface area contributed by atoms with Crippen LogP contribution in [-0.2, 0) is 4.57 Å². The van der Waals surface area contributed by atoms with Crippen molar-refractivity contribution >= 4 is 49.6 Å². The number of rotatable bonds is 3. The molecule has 0 spiro atoms. The molecule has 0 N–H and O–H groups in total. The zero-order valence-electron chi connectivity index (χ0n) is 9.02. The molecule has 0 saturated heterocycles. The van der Waals surface area contributed by atoms with Crippen molar-refractivity contribution in [2.45, 2.75) is 0 Å². The summed E-state index contributed by atoms with van der Waals surface area (Å²) in [5.74, 6) is -1.90. The van der Waals surface area contributed by atoms with Crippen LogP contribution in [0, 0.1) is 0 Å². The largest absolute Gasteiger partial charge is 0.457 e. The molecule has 2 rings (SSSR count). The average molecular weight is 366 g/mol. The third-order valence-corrected chi connectivity index (χ3v) is 4.79. The molecule has 0 aliphatic rings. The molecule has 0 aliphatic carbocycles. The molecule has 2 aromatic rings. The van der Waals surface area contributed by atoms with Crippen molar-refractivity contribution in [3.8, 4) is 11.5 Å². The van der Waals surface area contributed by atoms with Crippen LogP contribution in [-0.4, -0.2) is 0 Å². The molecule has 0 aliphatic heterocycles. The number of hydrogen-bond acceptors (Lipinski definition) is 2. The Bertz CT molecular complexity index is 578. The summed E-state index contributed by atoms with van der Waals surface area (Å²) in [7, 11) is 0. The zero-order valence-corrected chi connectivity index (χ0v) is 13.0. The maximum atomic E-state index is 11.4. The van der Waals surface area contributed by atoms with Crippen LogP contribution in [0.15, 0.2) is 53.0 Å². The summed E-state index contributed by atoms with van der Waals surface area (Å²) in [5, 5.41) is 0.397. The summed E-state index contributed by atoms with van der Waals surface area (Å²) in [4.78, 5) is 0. The van der Waals surface area contributed by atoms with Crippen molar-refractivity contribution in [2.75, 3.05) is 0 Å². The summed E-state index contributed by atoms with van der Waals surface area (Å²) < 4.78 is 18.0. The molecular formula is C12H8BrCl2O2P. The van der Waals surface area contributed by atoms with Gasteiger partial charge in [0.1, 0.15) is 11.5 Å². The predicted molar refractivity (Wildman–Crippen MR) is 79.6 cm³/mol. The molecule has 0 aromatic heterocycles. The second-order valence-corrected chi connectivity index (χ2v) is 9.24. The van der Waals surface area contributed by atoms with Crippen molar-refractivity contribution in [1.29, 1.82) is 0 Å².